The van der Waals surface area contributed by atoms with Crippen molar-refractivity contribution in [2.45, 2.75) is 13.8 Å². The number of nitrogens with zero attached hydrogens (tertiary/aromatic N) is 2. The number of rotatable bonds is 7. The molecule has 0 saturated carbocycles. The zero-order valence-corrected chi connectivity index (χ0v) is 16.6. The molecule has 2 heterocycles. The summed E-state index contributed by atoms with van der Waals surface area (Å²) in [5, 5.41) is 0. The molecule has 0 amide bonds. The first kappa shape index (κ1) is 18.6. The standard InChI is InChI=1S/C16H16N2O4Se2/c1-3-21-15(19)11-7-5-9-17-13(11)23-24-14-12(8-6-10-18-14)16(20)22-4-2/h5-10H,3-4H2,1-2H3. The summed E-state index contributed by atoms with van der Waals surface area (Å²) < 4.78 is 11.5. The number of esters is 2. The number of pyridine rings is 2. The second kappa shape index (κ2) is 9.54. The van der Waals surface area contributed by atoms with Gasteiger partial charge in [0.1, 0.15) is 0 Å². The van der Waals surface area contributed by atoms with E-state index in [-0.39, 0.29) is 38.2 Å². The van der Waals surface area contributed by atoms with Gasteiger partial charge in [-0.25, -0.2) is 0 Å². The van der Waals surface area contributed by atoms with Crippen molar-refractivity contribution in [1.82, 2.24) is 9.97 Å². The van der Waals surface area contributed by atoms with E-state index < -0.39 is 0 Å². The Morgan fingerprint density at radius 1 is 0.875 bits per heavy atom. The summed E-state index contributed by atoms with van der Waals surface area (Å²) >= 11 is -0.210. The molecule has 0 aliphatic heterocycles. The van der Waals surface area contributed by atoms with Crippen LogP contribution in [0.2, 0.25) is 0 Å². The molecule has 0 bridgehead atoms. The molecular formula is C16H16N2O4Se2. The van der Waals surface area contributed by atoms with E-state index in [4.69, 9.17) is 9.47 Å². The number of carbonyl (C=O) groups is 2. The van der Waals surface area contributed by atoms with Crippen LogP contribution in [0, 0.1) is 0 Å². The molecule has 2 aromatic rings. The van der Waals surface area contributed by atoms with Crippen LogP contribution in [0.15, 0.2) is 36.7 Å². The summed E-state index contributed by atoms with van der Waals surface area (Å²) in [5.41, 5.74) is 0.963. The topological polar surface area (TPSA) is 78.4 Å². The van der Waals surface area contributed by atoms with Crippen LogP contribution in [0.4, 0.5) is 0 Å². The van der Waals surface area contributed by atoms with Crippen molar-refractivity contribution in [3.8, 4) is 0 Å². The average molecular weight is 458 g/mol. The minimum absolute atomic E-state index is 0.105. The molecule has 2 aromatic heterocycles. The number of aromatic nitrogens is 2. The first-order chi connectivity index (χ1) is 11.7. The summed E-state index contributed by atoms with van der Waals surface area (Å²) in [7, 11) is 0. The second-order valence-corrected chi connectivity index (χ2v) is 10.3. The molecule has 0 aliphatic carbocycles. The van der Waals surface area contributed by atoms with Crippen LogP contribution in [-0.2, 0) is 9.47 Å². The van der Waals surface area contributed by atoms with Crippen LogP contribution in [0.25, 0.3) is 0 Å². The third-order valence-electron chi connectivity index (χ3n) is 2.73. The van der Waals surface area contributed by atoms with Crippen LogP contribution in [0.5, 0.6) is 0 Å². The third kappa shape index (κ3) is 4.89. The summed E-state index contributed by atoms with van der Waals surface area (Å²) in [6.45, 7) is 4.17. The van der Waals surface area contributed by atoms with Gasteiger partial charge < -0.3 is 0 Å². The van der Waals surface area contributed by atoms with Crippen molar-refractivity contribution in [2.75, 3.05) is 13.2 Å². The van der Waals surface area contributed by atoms with Gasteiger partial charge in [-0.1, -0.05) is 0 Å². The van der Waals surface area contributed by atoms with E-state index in [0.717, 1.165) is 0 Å². The first-order valence-electron chi connectivity index (χ1n) is 7.26. The molecule has 0 unspecified atom stereocenters. The Hall–Kier alpha value is -1.72. The Morgan fingerprint density at radius 3 is 1.67 bits per heavy atom. The van der Waals surface area contributed by atoms with Crippen molar-refractivity contribution in [3.63, 3.8) is 0 Å². The molecule has 0 radical (unpaired) electrons. The molecule has 0 saturated heterocycles. The zero-order chi connectivity index (χ0) is 17.4. The molecule has 6 nitrogen and oxygen atoms in total. The Morgan fingerprint density at radius 2 is 1.29 bits per heavy atom. The first-order valence-corrected chi connectivity index (χ1v) is 13.3. The third-order valence-corrected chi connectivity index (χ3v) is 9.29. The van der Waals surface area contributed by atoms with Gasteiger partial charge in [0.25, 0.3) is 0 Å². The molecule has 0 atom stereocenters. The van der Waals surface area contributed by atoms with Crippen molar-refractivity contribution in [3.05, 3.63) is 47.8 Å². The van der Waals surface area contributed by atoms with E-state index in [9.17, 15) is 9.59 Å². The molecular weight excluding hydrogens is 442 g/mol. The van der Waals surface area contributed by atoms with Gasteiger partial charge in [-0.3, -0.25) is 0 Å². The fraction of sp³-hybridized carbons (Fsp3) is 0.250. The molecule has 0 N–H and O–H groups in total. The fourth-order valence-electron chi connectivity index (χ4n) is 1.72. The maximum absolute atomic E-state index is 12.0. The van der Waals surface area contributed by atoms with E-state index >= 15 is 0 Å². The van der Waals surface area contributed by atoms with Crippen LogP contribution < -0.4 is 9.18 Å². The van der Waals surface area contributed by atoms with Gasteiger partial charge in [-0.05, 0) is 0 Å². The van der Waals surface area contributed by atoms with Crippen molar-refractivity contribution in [1.29, 1.82) is 0 Å². The zero-order valence-electron chi connectivity index (χ0n) is 13.2. The van der Waals surface area contributed by atoms with Gasteiger partial charge >= 0.3 is 151 Å². The van der Waals surface area contributed by atoms with Gasteiger partial charge in [-0.2, -0.15) is 0 Å². The molecule has 126 valence electrons. The predicted molar refractivity (Wildman–Crippen MR) is 91.2 cm³/mol. The number of hydrogen-bond acceptors (Lipinski definition) is 6. The molecule has 0 aliphatic rings. The Labute approximate surface area is 151 Å². The fourth-order valence-corrected chi connectivity index (χ4v) is 8.12. The minimum atomic E-state index is -0.370. The van der Waals surface area contributed by atoms with E-state index in [1.165, 1.54) is 0 Å². The van der Waals surface area contributed by atoms with E-state index in [1.54, 1.807) is 50.5 Å². The van der Waals surface area contributed by atoms with E-state index in [0.29, 0.717) is 33.5 Å². The molecule has 8 heteroatoms. The molecule has 0 aromatic carbocycles. The monoisotopic (exact) mass is 460 g/mol. The summed E-state index contributed by atoms with van der Waals surface area (Å²) in [4.78, 5) is 32.6. The molecule has 24 heavy (non-hydrogen) atoms. The Balaban J connectivity index is 2.18. The normalized spacial score (nSPS) is 10.2. The molecule has 0 fully saturated rings. The van der Waals surface area contributed by atoms with Crippen LogP contribution >= 0.6 is 0 Å². The van der Waals surface area contributed by atoms with Crippen LogP contribution in [0.3, 0.4) is 0 Å². The summed E-state index contributed by atoms with van der Waals surface area (Å²) in [6.07, 6.45) is 3.31. The number of hydrogen-bond donors (Lipinski definition) is 0. The average Bonchev–Trinajstić information content (AvgIpc) is 2.61. The van der Waals surface area contributed by atoms with Gasteiger partial charge in [0, 0.05) is 0 Å². The van der Waals surface area contributed by atoms with Crippen LogP contribution in [0.1, 0.15) is 34.6 Å². The quantitative estimate of drug-likeness (QED) is 0.433. The second-order valence-electron chi connectivity index (χ2n) is 4.32. The van der Waals surface area contributed by atoms with Gasteiger partial charge in [0.2, 0.25) is 0 Å². The SMILES string of the molecule is CCOC(=O)c1cccnc1[Se][Se]c1ncccc1C(=O)OCC. The number of ether oxygens (including phenoxy) is 2. The van der Waals surface area contributed by atoms with E-state index in [2.05, 4.69) is 9.97 Å². The molecule has 2 rings (SSSR count). The predicted octanol–water partition coefficient (Wildman–Crippen LogP) is 0.104. The number of carbonyl (C=O) groups excluding carboxylic acids is 2. The van der Waals surface area contributed by atoms with Crippen molar-refractivity contribution < 1.29 is 19.1 Å². The van der Waals surface area contributed by atoms with Crippen molar-refractivity contribution >= 4 is 47.4 Å². The van der Waals surface area contributed by atoms with Gasteiger partial charge in [-0.15, -0.1) is 0 Å². The van der Waals surface area contributed by atoms with Crippen molar-refractivity contribution in [2.24, 2.45) is 0 Å². The van der Waals surface area contributed by atoms with Gasteiger partial charge in [0.05, 0.1) is 0 Å². The van der Waals surface area contributed by atoms with Gasteiger partial charge in [0.15, 0.2) is 0 Å². The summed E-state index contributed by atoms with van der Waals surface area (Å²) in [6, 6.07) is 6.85. The molecule has 0 spiro atoms. The van der Waals surface area contributed by atoms with Crippen LogP contribution in [-0.4, -0.2) is 61.4 Å². The maximum atomic E-state index is 12.0. The Kier molecular flexibility index (Phi) is 7.40. The van der Waals surface area contributed by atoms with E-state index in [1.807, 2.05) is 0 Å². The summed E-state index contributed by atoms with van der Waals surface area (Å²) in [5.74, 6) is -0.741. The Bertz CT molecular complexity index is 663.